The number of aryl methyl sites for hydroxylation is 1. The fourth-order valence-electron chi connectivity index (χ4n) is 3.12. The molecule has 4 N–H and O–H groups in total. The Morgan fingerprint density at radius 3 is 2.57 bits per heavy atom. The molecule has 16 heteroatoms. The van der Waals surface area contributed by atoms with Gasteiger partial charge in [0.1, 0.15) is 11.5 Å². The molecule has 3 aromatic rings. The number of pyridine rings is 1. The first-order chi connectivity index (χ1) is 17.5. The Kier molecular flexibility index (Phi) is 8.17. The number of nitrogens with zero attached hydrogens (tertiary/aromatic N) is 5. The number of nitrogens with one attached hydrogen (secondary N) is 4. The number of aromatic nitrogens is 3. The summed E-state index contributed by atoms with van der Waals surface area (Å²) in [5, 5.41) is 14.5. The molecule has 0 fully saturated rings. The van der Waals surface area contributed by atoms with Gasteiger partial charge in [0.25, 0.3) is 17.6 Å². The average Bonchev–Trinajstić information content (AvgIpc) is 3.26. The second kappa shape index (κ2) is 11.1. The maximum atomic E-state index is 13.9. The Balaban J connectivity index is 2.01. The zero-order valence-corrected chi connectivity index (χ0v) is 19.9. The predicted octanol–water partition coefficient (Wildman–Crippen LogP) is 3.98. The van der Waals surface area contributed by atoms with Gasteiger partial charge in [-0.05, 0) is 42.8 Å². The van der Waals surface area contributed by atoms with E-state index in [2.05, 4.69) is 36.4 Å². The van der Waals surface area contributed by atoms with Gasteiger partial charge >= 0.3 is 6.18 Å². The number of amides is 2. The number of hydrogen-bond donors (Lipinski definition) is 4. The molecule has 0 aliphatic rings. The number of carbonyl (C=O) groups excluding carboxylic acids is 2. The van der Waals surface area contributed by atoms with E-state index in [0.717, 1.165) is 16.8 Å². The third-order valence-corrected chi connectivity index (χ3v) is 5.04. The number of halogens is 5. The van der Waals surface area contributed by atoms with Crippen molar-refractivity contribution >= 4 is 34.9 Å². The zero-order chi connectivity index (χ0) is 27.3. The highest BCUT2D eigenvalue weighted by Crippen LogP contribution is 2.25. The van der Waals surface area contributed by atoms with Crippen molar-refractivity contribution in [2.24, 2.45) is 10.2 Å². The molecule has 3 rings (SSSR count). The number of amidine groups is 1. The fraction of sp³-hybridized carbons (Fsp3) is 0.190. The first kappa shape index (κ1) is 27.2. The largest absolute Gasteiger partial charge is 0.455 e. The van der Waals surface area contributed by atoms with Crippen LogP contribution in [0.25, 0.3) is 5.82 Å². The third-order valence-electron chi connectivity index (χ3n) is 4.75. The molecule has 37 heavy (non-hydrogen) atoms. The van der Waals surface area contributed by atoms with Gasteiger partial charge < -0.3 is 16.1 Å². The van der Waals surface area contributed by atoms with Crippen molar-refractivity contribution in [1.29, 1.82) is 5.53 Å². The van der Waals surface area contributed by atoms with Crippen molar-refractivity contribution in [1.82, 2.24) is 25.5 Å². The van der Waals surface area contributed by atoms with Crippen LogP contribution in [-0.4, -0.2) is 45.6 Å². The standard InChI is InChI=1S/C21H18ClF4N9O2/c1-10-6-11(23)7-13(18(36)28-2)16(10)31-19(37)15-8-12(9-30-33-20(32-27)21(24,25)26)34-35(15)17-14(22)4-3-5-29-17/h3-8,27,30H,9H2,1-2H3,(H,28,36)(H,31,37)/b32-27?,33-20-. The quantitative estimate of drug-likeness (QED) is 0.118. The summed E-state index contributed by atoms with van der Waals surface area (Å²) >= 11 is 6.20. The van der Waals surface area contributed by atoms with Crippen molar-refractivity contribution in [3.05, 3.63) is 69.9 Å². The number of rotatable bonds is 7. The highest BCUT2D eigenvalue weighted by molar-refractivity contribution is 6.32. The van der Waals surface area contributed by atoms with E-state index in [9.17, 15) is 27.2 Å². The molecule has 11 nitrogen and oxygen atoms in total. The first-order valence-electron chi connectivity index (χ1n) is 10.2. The van der Waals surface area contributed by atoms with E-state index in [1.165, 1.54) is 38.4 Å². The second-order valence-corrected chi connectivity index (χ2v) is 7.71. The predicted molar refractivity (Wildman–Crippen MR) is 124 cm³/mol. The Morgan fingerprint density at radius 1 is 1.22 bits per heavy atom. The number of alkyl halides is 3. The Bertz CT molecular complexity index is 1390. The third kappa shape index (κ3) is 6.24. The molecule has 1 aromatic carbocycles. The Morgan fingerprint density at radius 2 is 1.95 bits per heavy atom. The van der Waals surface area contributed by atoms with Crippen molar-refractivity contribution in [2.45, 2.75) is 19.6 Å². The van der Waals surface area contributed by atoms with E-state index in [-0.39, 0.29) is 39.0 Å². The molecule has 0 unspecified atom stereocenters. The van der Waals surface area contributed by atoms with E-state index in [1.807, 2.05) is 0 Å². The molecule has 194 valence electrons. The summed E-state index contributed by atoms with van der Waals surface area (Å²) in [6.45, 7) is 1.09. The van der Waals surface area contributed by atoms with Crippen LogP contribution in [-0.2, 0) is 6.54 Å². The summed E-state index contributed by atoms with van der Waals surface area (Å²) in [5.41, 5.74) is 8.75. The van der Waals surface area contributed by atoms with E-state index >= 15 is 0 Å². The SMILES string of the molecule is CNC(=O)c1cc(F)cc(C)c1NC(=O)c1cc(CN/N=C(\N=N)C(F)(F)F)nn1-c1ncccc1Cl. The van der Waals surface area contributed by atoms with Crippen molar-refractivity contribution in [3.8, 4) is 5.82 Å². The number of hydrazone groups is 1. The monoisotopic (exact) mass is 539 g/mol. The van der Waals surface area contributed by atoms with Crippen LogP contribution in [0.4, 0.5) is 23.2 Å². The minimum absolute atomic E-state index is 0.0294. The van der Waals surface area contributed by atoms with Crippen LogP contribution >= 0.6 is 11.6 Å². The van der Waals surface area contributed by atoms with Crippen LogP contribution < -0.4 is 16.1 Å². The molecule has 2 aromatic heterocycles. The smallest absolute Gasteiger partial charge is 0.355 e. The maximum Gasteiger partial charge on any atom is 0.455 e. The van der Waals surface area contributed by atoms with Gasteiger partial charge in [0.2, 0.25) is 0 Å². The fourth-order valence-corrected chi connectivity index (χ4v) is 3.32. The summed E-state index contributed by atoms with van der Waals surface area (Å²) in [7, 11) is 1.34. The van der Waals surface area contributed by atoms with Crippen molar-refractivity contribution in [2.75, 3.05) is 12.4 Å². The van der Waals surface area contributed by atoms with E-state index in [1.54, 1.807) is 0 Å². The van der Waals surface area contributed by atoms with E-state index in [0.29, 0.717) is 0 Å². The highest BCUT2D eigenvalue weighted by atomic mass is 35.5. The molecule has 0 spiro atoms. The van der Waals surface area contributed by atoms with Crippen LogP contribution in [0.15, 0.2) is 46.7 Å². The lowest BCUT2D eigenvalue weighted by Gasteiger charge is -2.14. The van der Waals surface area contributed by atoms with Gasteiger partial charge in [-0.2, -0.15) is 23.4 Å². The zero-order valence-electron chi connectivity index (χ0n) is 19.1. The van der Waals surface area contributed by atoms with Crippen molar-refractivity contribution in [3.63, 3.8) is 0 Å². The molecule has 0 radical (unpaired) electrons. The van der Waals surface area contributed by atoms with Gasteiger partial charge in [-0.15, -0.1) is 5.11 Å². The van der Waals surface area contributed by atoms with Crippen LogP contribution in [0.1, 0.15) is 32.1 Å². The molecule has 0 bridgehead atoms. The van der Waals surface area contributed by atoms with Crippen molar-refractivity contribution < 1.29 is 27.2 Å². The Labute approximate surface area is 211 Å². The summed E-state index contributed by atoms with van der Waals surface area (Å²) in [5.74, 6) is -3.83. The van der Waals surface area contributed by atoms with Gasteiger partial charge in [-0.1, -0.05) is 11.6 Å². The van der Waals surface area contributed by atoms with Crippen LogP contribution in [0.5, 0.6) is 0 Å². The van der Waals surface area contributed by atoms with E-state index in [4.69, 9.17) is 17.1 Å². The van der Waals surface area contributed by atoms with E-state index < -0.39 is 36.2 Å². The molecule has 0 aliphatic carbocycles. The lowest BCUT2D eigenvalue weighted by Crippen LogP contribution is -2.24. The molecule has 0 atom stereocenters. The molecule has 2 heterocycles. The second-order valence-electron chi connectivity index (χ2n) is 7.30. The highest BCUT2D eigenvalue weighted by Gasteiger charge is 2.36. The van der Waals surface area contributed by atoms with Crippen LogP contribution in [0.2, 0.25) is 5.02 Å². The number of benzene rings is 1. The van der Waals surface area contributed by atoms with Gasteiger partial charge in [0.05, 0.1) is 28.5 Å². The van der Waals surface area contributed by atoms with Gasteiger partial charge in [-0.3, -0.25) is 9.59 Å². The summed E-state index contributed by atoms with van der Waals surface area (Å²) in [6, 6.07) is 6.32. The molecular formula is C21H18ClF4N9O2. The molecule has 0 aliphatic heterocycles. The summed E-state index contributed by atoms with van der Waals surface area (Å²) in [6.07, 6.45) is -3.57. The van der Waals surface area contributed by atoms with Gasteiger partial charge in [0.15, 0.2) is 5.82 Å². The molecule has 0 saturated carbocycles. The van der Waals surface area contributed by atoms with Crippen LogP contribution in [0, 0.1) is 18.3 Å². The minimum atomic E-state index is -4.95. The number of hydrogen-bond acceptors (Lipinski definition) is 7. The maximum absolute atomic E-state index is 13.9. The Hall–Kier alpha value is -4.40. The molecule has 2 amide bonds. The lowest BCUT2D eigenvalue weighted by molar-refractivity contribution is -0.0606. The lowest BCUT2D eigenvalue weighted by atomic mass is 10.1. The van der Waals surface area contributed by atoms with Crippen LogP contribution in [0.3, 0.4) is 0 Å². The van der Waals surface area contributed by atoms with Gasteiger partial charge in [0, 0.05) is 13.2 Å². The summed E-state index contributed by atoms with van der Waals surface area (Å²) in [4.78, 5) is 29.6. The number of carbonyl (C=O) groups is 2. The number of anilines is 1. The first-order valence-corrected chi connectivity index (χ1v) is 10.6. The average molecular weight is 540 g/mol. The normalized spacial score (nSPS) is 11.7. The molecular weight excluding hydrogens is 522 g/mol. The summed E-state index contributed by atoms with van der Waals surface area (Å²) < 4.78 is 53.2. The molecule has 0 saturated heterocycles. The topological polar surface area (TPSA) is 150 Å². The van der Waals surface area contributed by atoms with Gasteiger partial charge in [-0.25, -0.2) is 19.6 Å². The minimum Gasteiger partial charge on any atom is -0.355 e.